The van der Waals surface area contributed by atoms with E-state index in [1.54, 1.807) is 0 Å². The minimum absolute atomic E-state index is 0.892. The van der Waals surface area contributed by atoms with Crippen molar-refractivity contribution in [3.05, 3.63) is 77.6 Å². The van der Waals surface area contributed by atoms with Crippen molar-refractivity contribution in [3.63, 3.8) is 0 Å². The first-order valence-electron chi connectivity index (χ1n) is 7.96. The number of aryl methyl sites for hydroxylation is 1. The molecule has 0 fully saturated rings. The van der Waals surface area contributed by atoms with E-state index in [1.165, 1.54) is 16.8 Å². The second-order valence-electron chi connectivity index (χ2n) is 6.01. The van der Waals surface area contributed by atoms with Gasteiger partial charge in [-0.1, -0.05) is 24.3 Å². The van der Waals surface area contributed by atoms with Crippen LogP contribution in [0.15, 0.2) is 60.9 Å². The first-order valence-corrected chi connectivity index (χ1v) is 7.96. The Balaban J connectivity index is 1.81. The third-order valence-corrected chi connectivity index (χ3v) is 3.84. The lowest BCUT2D eigenvalue weighted by Gasteiger charge is -2.11. The highest BCUT2D eigenvalue weighted by Crippen LogP contribution is 2.18. The first-order chi connectivity index (χ1) is 11.6. The van der Waals surface area contributed by atoms with Crippen LogP contribution in [0.25, 0.3) is 23.5 Å². The predicted octanol–water partition coefficient (Wildman–Crippen LogP) is 4.69. The van der Waals surface area contributed by atoms with Gasteiger partial charge in [0, 0.05) is 32.2 Å². The van der Waals surface area contributed by atoms with Gasteiger partial charge in [0.25, 0.3) is 0 Å². The van der Waals surface area contributed by atoms with Crippen LogP contribution in [0.3, 0.4) is 0 Å². The Kier molecular flexibility index (Phi) is 4.71. The van der Waals surface area contributed by atoms with Crippen molar-refractivity contribution in [2.24, 2.45) is 0 Å². The van der Waals surface area contributed by atoms with E-state index < -0.39 is 0 Å². The molecule has 1 aromatic carbocycles. The van der Waals surface area contributed by atoms with Crippen LogP contribution in [0.2, 0.25) is 0 Å². The Morgan fingerprint density at radius 1 is 0.750 bits per heavy atom. The number of hydrogen-bond donors (Lipinski definition) is 0. The van der Waals surface area contributed by atoms with Crippen LogP contribution in [0.4, 0.5) is 5.69 Å². The normalized spacial score (nSPS) is 11.0. The number of hydrogen-bond acceptors (Lipinski definition) is 3. The van der Waals surface area contributed by atoms with E-state index in [0.717, 1.165) is 17.0 Å². The lowest BCUT2D eigenvalue weighted by Crippen LogP contribution is -2.07. The standard InChI is InChI=1S/C21H21N3/c1-16-10-12-22-20(14-16)21-15-18(11-13-23-21)5-4-17-6-8-19(9-7-17)24(2)3/h4-15H,1-3H3/b5-4+. The van der Waals surface area contributed by atoms with Crippen molar-refractivity contribution in [1.29, 1.82) is 0 Å². The van der Waals surface area contributed by atoms with Gasteiger partial charge in [0.2, 0.25) is 0 Å². The number of rotatable bonds is 4. The van der Waals surface area contributed by atoms with Crippen molar-refractivity contribution in [3.8, 4) is 11.4 Å². The number of anilines is 1. The highest BCUT2D eigenvalue weighted by atomic mass is 15.1. The van der Waals surface area contributed by atoms with Gasteiger partial charge in [0.05, 0.1) is 11.4 Å². The van der Waals surface area contributed by atoms with Gasteiger partial charge in [-0.15, -0.1) is 0 Å². The molecule has 0 radical (unpaired) electrons. The molecule has 0 bridgehead atoms. The Morgan fingerprint density at radius 2 is 1.38 bits per heavy atom. The Hall–Kier alpha value is -2.94. The van der Waals surface area contributed by atoms with Crippen LogP contribution >= 0.6 is 0 Å². The second kappa shape index (κ2) is 7.09. The molecule has 24 heavy (non-hydrogen) atoms. The molecule has 0 aliphatic heterocycles. The predicted molar refractivity (Wildman–Crippen MR) is 102 cm³/mol. The lowest BCUT2D eigenvalue weighted by atomic mass is 10.1. The van der Waals surface area contributed by atoms with Crippen molar-refractivity contribution < 1.29 is 0 Å². The summed E-state index contributed by atoms with van der Waals surface area (Å²) in [6.07, 6.45) is 7.86. The molecule has 2 aromatic heterocycles. The summed E-state index contributed by atoms with van der Waals surface area (Å²) >= 11 is 0. The summed E-state index contributed by atoms with van der Waals surface area (Å²) in [7, 11) is 4.09. The lowest BCUT2D eigenvalue weighted by molar-refractivity contribution is 1.13. The van der Waals surface area contributed by atoms with Crippen molar-refractivity contribution >= 4 is 17.8 Å². The average Bonchev–Trinajstić information content (AvgIpc) is 2.60. The zero-order valence-corrected chi connectivity index (χ0v) is 14.3. The fourth-order valence-corrected chi connectivity index (χ4v) is 2.44. The van der Waals surface area contributed by atoms with E-state index in [-0.39, 0.29) is 0 Å². The summed E-state index contributed by atoms with van der Waals surface area (Å²) in [6.45, 7) is 2.06. The Morgan fingerprint density at radius 3 is 2.04 bits per heavy atom. The van der Waals surface area contributed by atoms with Gasteiger partial charge < -0.3 is 4.90 Å². The molecule has 0 aliphatic carbocycles. The van der Waals surface area contributed by atoms with Crippen molar-refractivity contribution in [1.82, 2.24) is 9.97 Å². The Labute approximate surface area is 143 Å². The molecular weight excluding hydrogens is 294 g/mol. The van der Waals surface area contributed by atoms with Crippen molar-refractivity contribution in [2.45, 2.75) is 6.92 Å². The van der Waals surface area contributed by atoms with Crippen LogP contribution in [-0.2, 0) is 0 Å². The molecular formula is C21H21N3. The molecule has 0 amide bonds. The third-order valence-electron chi connectivity index (χ3n) is 3.84. The fraction of sp³-hybridized carbons (Fsp3) is 0.143. The number of nitrogens with zero attached hydrogens (tertiary/aromatic N) is 3. The zero-order valence-electron chi connectivity index (χ0n) is 14.3. The van der Waals surface area contributed by atoms with Crippen LogP contribution < -0.4 is 4.90 Å². The smallest absolute Gasteiger partial charge is 0.0892 e. The largest absolute Gasteiger partial charge is 0.378 e. The van der Waals surface area contributed by atoms with Gasteiger partial charge in [-0.2, -0.15) is 0 Å². The molecule has 0 atom stereocenters. The van der Waals surface area contributed by atoms with Crippen LogP contribution in [0.1, 0.15) is 16.7 Å². The quantitative estimate of drug-likeness (QED) is 0.699. The SMILES string of the molecule is Cc1ccnc(-c2cc(/C=C/c3ccc(N(C)C)cc3)ccn2)c1. The summed E-state index contributed by atoms with van der Waals surface area (Å²) < 4.78 is 0. The molecule has 0 saturated heterocycles. The maximum absolute atomic E-state index is 4.43. The molecule has 0 N–H and O–H groups in total. The third kappa shape index (κ3) is 3.87. The van der Waals surface area contributed by atoms with E-state index in [1.807, 2.05) is 38.6 Å². The molecule has 0 saturated carbocycles. The summed E-state index contributed by atoms with van der Waals surface area (Å²) in [5, 5.41) is 0. The molecule has 0 spiro atoms. The second-order valence-corrected chi connectivity index (χ2v) is 6.01. The molecule has 120 valence electrons. The van der Waals surface area contributed by atoms with Crippen LogP contribution in [0, 0.1) is 6.92 Å². The summed E-state index contributed by atoms with van der Waals surface area (Å²) in [6, 6.07) is 16.6. The summed E-state index contributed by atoms with van der Waals surface area (Å²) in [4.78, 5) is 10.9. The molecule has 3 rings (SSSR count). The van der Waals surface area contributed by atoms with Crippen LogP contribution in [-0.4, -0.2) is 24.1 Å². The van der Waals surface area contributed by atoms with Gasteiger partial charge >= 0.3 is 0 Å². The van der Waals surface area contributed by atoms with Gasteiger partial charge in [-0.05, 0) is 60.0 Å². The zero-order chi connectivity index (χ0) is 16.9. The molecule has 2 heterocycles. The molecule has 0 aliphatic rings. The molecule has 0 unspecified atom stereocenters. The number of aromatic nitrogens is 2. The highest BCUT2D eigenvalue weighted by molar-refractivity contribution is 5.72. The van der Waals surface area contributed by atoms with E-state index in [9.17, 15) is 0 Å². The van der Waals surface area contributed by atoms with E-state index >= 15 is 0 Å². The monoisotopic (exact) mass is 315 g/mol. The van der Waals surface area contributed by atoms with Gasteiger partial charge in [-0.3, -0.25) is 9.97 Å². The summed E-state index contributed by atoms with van der Waals surface area (Å²) in [5.74, 6) is 0. The van der Waals surface area contributed by atoms with Gasteiger partial charge in [0.1, 0.15) is 0 Å². The first kappa shape index (κ1) is 15.9. The minimum Gasteiger partial charge on any atom is -0.378 e. The average molecular weight is 315 g/mol. The van der Waals surface area contributed by atoms with E-state index in [0.29, 0.717) is 0 Å². The number of benzene rings is 1. The maximum Gasteiger partial charge on any atom is 0.0892 e. The maximum atomic E-state index is 4.43. The number of pyridine rings is 2. The van der Waals surface area contributed by atoms with E-state index in [2.05, 4.69) is 70.3 Å². The van der Waals surface area contributed by atoms with E-state index in [4.69, 9.17) is 0 Å². The Bertz CT molecular complexity index is 849. The van der Waals surface area contributed by atoms with Gasteiger partial charge in [0.15, 0.2) is 0 Å². The summed E-state index contributed by atoms with van der Waals surface area (Å²) in [5.41, 5.74) is 6.46. The topological polar surface area (TPSA) is 29.0 Å². The molecule has 3 heteroatoms. The molecule has 3 nitrogen and oxygen atoms in total. The highest BCUT2D eigenvalue weighted by Gasteiger charge is 2.01. The van der Waals surface area contributed by atoms with Crippen LogP contribution in [0.5, 0.6) is 0 Å². The minimum atomic E-state index is 0.892. The molecule has 3 aromatic rings. The van der Waals surface area contributed by atoms with Gasteiger partial charge in [-0.25, -0.2) is 0 Å². The van der Waals surface area contributed by atoms with Crippen molar-refractivity contribution in [2.75, 3.05) is 19.0 Å². The fourth-order valence-electron chi connectivity index (χ4n) is 2.44.